The second kappa shape index (κ2) is 7.60. The molecule has 0 bridgehead atoms. The lowest BCUT2D eigenvalue weighted by Crippen LogP contribution is -2.51. The SMILES string of the molecule is CC(C)(C)OC1(CNC(=O)C2(O)OC(=O)C(c3ccccc3)=C2c2ccccc2)CO1. The molecule has 0 radical (unpaired) electrons. The summed E-state index contributed by atoms with van der Waals surface area (Å²) < 4.78 is 16.5. The van der Waals surface area contributed by atoms with Crippen molar-refractivity contribution in [1.29, 1.82) is 0 Å². The largest absolute Gasteiger partial charge is 0.415 e. The average molecular weight is 423 g/mol. The number of carbonyl (C=O) groups is 2. The van der Waals surface area contributed by atoms with Gasteiger partial charge < -0.3 is 24.6 Å². The summed E-state index contributed by atoms with van der Waals surface area (Å²) in [6.07, 6.45) is 0. The van der Waals surface area contributed by atoms with Gasteiger partial charge in [0, 0.05) is 0 Å². The second-order valence-corrected chi connectivity index (χ2v) is 8.61. The van der Waals surface area contributed by atoms with Gasteiger partial charge in [0.05, 0.1) is 23.3 Å². The Labute approximate surface area is 180 Å². The van der Waals surface area contributed by atoms with E-state index in [0.29, 0.717) is 17.7 Å². The molecule has 1 amide bonds. The van der Waals surface area contributed by atoms with Crippen LogP contribution in [0.3, 0.4) is 0 Å². The Morgan fingerprint density at radius 1 is 1.06 bits per heavy atom. The van der Waals surface area contributed by atoms with E-state index in [1.54, 1.807) is 54.6 Å². The molecular weight excluding hydrogens is 398 g/mol. The number of hydrogen-bond acceptors (Lipinski definition) is 6. The van der Waals surface area contributed by atoms with E-state index in [9.17, 15) is 14.7 Å². The summed E-state index contributed by atoms with van der Waals surface area (Å²) in [5.74, 6) is -5.07. The standard InChI is InChI=1S/C24H25NO6/c1-22(2,3)31-23(15-29-23)14-25-21(27)24(28)19(17-12-8-5-9-13-17)18(20(26)30-24)16-10-6-4-7-11-16/h4-13,28H,14-15H2,1-3H3,(H,25,27). The second-order valence-electron chi connectivity index (χ2n) is 8.61. The fourth-order valence-electron chi connectivity index (χ4n) is 3.65. The Morgan fingerprint density at radius 2 is 1.61 bits per heavy atom. The Bertz CT molecular complexity index is 1020. The number of cyclic esters (lactones) is 1. The molecule has 0 aromatic heterocycles. The minimum Gasteiger partial charge on any atom is -0.415 e. The molecule has 2 atom stereocenters. The van der Waals surface area contributed by atoms with Gasteiger partial charge in [0.15, 0.2) is 0 Å². The molecule has 2 unspecified atom stereocenters. The van der Waals surface area contributed by atoms with Crippen molar-refractivity contribution < 1.29 is 28.9 Å². The smallest absolute Gasteiger partial charge is 0.342 e. The number of epoxide rings is 1. The third-order valence-corrected chi connectivity index (χ3v) is 4.94. The maximum Gasteiger partial charge on any atom is 0.342 e. The minimum absolute atomic E-state index is 0.00566. The van der Waals surface area contributed by atoms with E-state index in [1.807, 2.05) is 26.8 Å². The summed E-state index contributed by atoms with van der Waals surface area (Å²) in [5, 5.41) is 14.0. The number of aliphatic hydroxyl groups is 1. The molecule has 7 heteroatoms. The van der Waals surface area contributed by atoms with Gasteiger partial charge in [-0.1, -0.05) is 60.7 Å². The molecule has 0 spiro atoms. The lowest BCUT2D eigenvalue weighted by Gasteiger charge is -2.27. The first-order valence-electron chi connectivity index (χ1n) is 10.1. The van der Waals surface area contributed by atoms with Crippen LogP contribution in [-0.4, -0.2) is 47.3 Å². The maximum atomic E-state index is 13.1. The van der Waals surface area contributed by atoms with E-state index < -0.39 is 29.1 Å². The molecule has 1 saturated heterocycles. The zero-order valence-electron chi connectivity index (χ0n) is 17.7. The molecule has 2 aromatic carbocycles. The topological polar surface area (TPSA) is 97.4 Å². The summed E-state index contributed by atoms with van der Waals surface area (Å²) in [6.45, 7) is 5.97. The van der Waals surface area contributed by atoms with Gasteiger partial charge in [-0.2, -0.15) is 0 Å². The molecule has 2 N–H and O–H groups in total. The highest BCUT2D eigenvalue weighted by Gasteiger charge is 2.55. The molecule has 162 valence electrons. The van der Waals surface area contributed by atoms with E-state index in [2.05, 4.69) is 5.32 Å². The van der Waals surface area contributed by atoms with Gasteiger partial charge in [0.1, 0.15) is 6.61 Å². The van der Waals surface area contributed by atoms with E-state index in [1.165, 1.54) is 0 Å². The Kier molecular flexibility index (Phi) is 5.21. The van der Waals surface area contributed by atoms with Crippen molar-refractivity contribution in [2.24, 2.45) is 0 Å². The van der Waals surface area contributed by atoms with E-state index in [-0.39, 0.29) is 17.7 Å². The van der Waals surface area contributed by atoms with Crippen molar-refractivity contribution >= 4 is 23.0 Å². The number of nitrogens with one attached hydrogen (secondary N) is 1. The summed E-state index contributed by atoms with van der Waals surface area (Å²) in [6, 6.07) is 17.6. The Hall–Kier alpha value is -3.00. The number of ether oxygens (including phenoxy) is 3. The van der Waals surface area contributed by atoms with Crippen molar-refractivity contribution in [3.8, 4) is 0 Å². The number of benzene rings is 2. The van der Waals surface area contributed by atoms with Crippen LogP contribution in [0.5, 0.6) is 0 Å². The van der Waals surface area contributed by atoms with Gasteiger partial charge in [0.2, 0.25) is 5.79 Å². The van der Waals surface area contributed by atoms with Crippen LogP contribution in [-0.2, 0) is 23.8 Å². The lowest BCUT2D eigenvalue weighted by atomic mass is 9.90. The number of carbonyl (C=O) groups excluding carboxylic acids is 2. The van der Waals surface area contributed by atoms with Crippen molar-refractivity contribution in [2.75, 3.05) is 13.2 Å². The van der Waals surface area contributed by atoms with Crippen LogP contribution in [0.2, 0.25) is 0 Å². The quantitative estimate of drug-likeness (QED) is 0.547. The molecular formula is C24H25NO6. The molecule has 2 aliphatic rings. The first kappa shape index (κ1) is 21.2. The molecule has 4 rings (SSSR count). The van der Waals surface area contributed by atoms with Gasteiger partial charge in [-0.15, -0.1) is 0 Å². The normalized spacial score (nSPS) is 25.4. The fraction of sp³-hybridized carbons (Fsp3) is 0.333. The number of hydrogen-bond donors (Lipinski definition) is 2. The third kappa shape index (κ3) is 4.25. The summed E-state index contributed by atoms with van der Waals surface area (Å²) in [7, 11) is 0. The lowest BCUT2D eigenvalue weighted by molar-refractivity contribution is -0.186. The molecule has 0 saturated carbocycles. The van der Waals surface area contributed by atoms with Crippen LogP contribution in [0.15, 0.2) is 60.7 Å². The van der Waals surface area contributed by atoms with Crippen molar-refractivity contribution in [3.05, 3.63) is 71.8 Å². The van der Waals surface area contributed by atoms with Gasteiger partial charge in [0.25, 0.3) is 5.91 Å². The molecule has 2 aromatic rings. The van der Waals surface area contributed by atoms with Crippen LogP contribution in [0, 0.1) is 0 Å². The van der Waals surface area contributed by atoms with Crippen LogP contribution >= 0.6 is 0 Å². The fourth-order valence-corrected chi connectivity index (χ4v) is 3.65. The molecule has 2 aliphatic heterocycles. The van der Waals surface area contributed by atoms with Crippen LogP contribution < -0.4 is 5.32 Å². The molecule has 0 aliphatic carbocycles. The molecule has 31 heavy (non-hydrogen) atoms. The van der Waals surface area contributed by atoms with Gasteiger partial charge >= 0.3 is 11.8 Å². The minimum atomic E-state index is -2.48. The molecule has 2 heterocycles. The molecule has 1 fully saturated rings. The van der Waals surface area contributed by atoms with E-state index >= 15 is 0 Å². The van der Waals surface area contributed by atoms with Crippen molar-refractivity contribution in [3.63, 3.8) is 0 Å². The predicted molar refractivity (Wildman–Crippen MR) is 113 cm³/mol. The molecule has 7 nitrogen and oxygen atoms in total. The van der Waals surface area contributed by atoms with Crippen LogP contribution in [0.25, 0.3) is 11.1 Å². The zero-order chi connectivity index (χ0) is 22.3. The summed E-state index contributed by atoms with van der Waals surface area (Å²) in [4.78, 5) is 25.9. The Balaban J connectivity index is 1.68. The highest BCUT2D eigenvalue weighted by Crippen LogP contribution is 2.43. The number of amides is 1. The summed E-state index contributed by atoms with van der Waals surface area (Å²) >= 11 is 0. The number of esters is 1. The highest BCUT2D eigenvalue weighted by atomic mass is 16.8. The third-order valence-electron chi connectivity index (χ3n) is 4.94. The van der Waals surface area contributed by atoms with Crippen molar-refractivity contribution in [1.82, 2.24) is 5.32 Å². The predicted octanol–water partition coefficient (Wildman–Crippen LogP) is 2.50. The van der Waals surface area contributed by atoms with Crippen LogP contribution in [0.4, 0.5) is 0 Å². The number of rotatable bonds is 6. The maximum absolute atomic E-state index is 13.1. The van der Waals surface area contributed by atoms with Gasteiger partial charge in [-0.25, -0.2) is 4.79 Å². The van der Waals surface area contributed by atoms with Gasteiger partial charge in [-0.05, 0) is 31.9 Å². The van der Waals surface area contributed by atoms with E-state index in [4.69, 9.17) is 14.2 Å². The Morgan fingerprint density at radius 3 is 2.13 bits per heavy atom. The summed E-state index contributed by atoms with van der Waals surface area (Å²) in [5.41, 5.74) is 0.825. The average Bonchev–Trinajstić information content (AvgIpc) is 3.42. The first-order valence-corrected chi connectivity index (χ1v) is 10.1. The van der Waals surface area contributed by atoms with Crippen LogP contribution in [0.1, 0.15) is 31.9 Å². The monoisotopic (exact) mass is 423 g/mol. The van der Waals surface area contributed by atoms with Crippen molar-refractivity contribution in [2.45, 2.75) is 37.9 Å². The first-order chi connectivity index (χ1) is 14.6. The van der Waals surface area contributed by atoms with Gasteiger partial charge in [-0.3, -0.25) is 4.79 Å². The van der Waals surface area contributed by atoms with E-state index in [0.717, 1.165) is 0 Å². The highest BCUT2D eigenvalue weighted by molar-refractivity contribution is 6.31. The zero-order valence-corrected chi connectivity index (χ0v) is 17.7.